The Morgan fingerprint density at radius 3 is 2.80 bits per heavy atom. The van der Waals surface area contributed by atoms with Crippen LogP contribution in [0.3, 0.4) is 0 Å². The van der Waals surface area contributed by atoms with E-state index in [1.165, 1.54) is 0 Å². The molecule has 0 spiro atoms. The number of anilines is 2. The molecule has 0 aliphatic rings. The molecule has 0 saturated carbocycles. The molecule has 1 rings (SSSR count). The zero-order valence-corrected chi connectivity index (χ0v) is 9.42. The Bertz CT molecular complexity index is 278. The minimum absolute atomic E-state index is 0.825. The Labute approximate surface area is 91.1 Å². The van der Waals surface area contributed by atoms with Gasteiger partial charge in [0.2, 0.25) is 0 Å². The van der Waals surface area contributed by atoms with E-state index in [0.717, 1.165) is 37.6 Å². The maximum Gasteiger partial charge on any atom is 0.128 e. The van der Waals surface area contributed by atoms with E-state index in [4.69, 9.17) is 4.74 Å². The van der Waals surface area contributed by atoms with E-state index in [1.807, 2.05) is 25.2 Å². The van der Waals surface area contributed by atoms with Crippen molar-refractivity contribution in [2.24, 2.45) is 0 Å². The van der Waals surface area contributed by atoms with Crippen molar-refractivity contribution in [3.8, 4) is 0 Å². The summed E-state index contributed by atoms with van der Waals surface area (Å²) in [6.45, 7) is 1.76. The van der Waals surface area contributed by atoms with Gasteiger partial charge in [0.1, 0.15) is 11.6 Å². The molecule has 1 heterocycles. The Morgan fingerprint density at radius 2 is 2.07 bits per heavy atom. The number of pyridine rings is 1. The molecule has 1 aromatic rings. The average molecular weight is 209 g/mol. The summed E-state index contributed by atoms with van der Waals surface area (Å²) < 4.78 is 4.98. The van der Waals surface area contributed by atoms with Gasteiger partial charge in [-0.25, -0.2) is 4.98 Å². The van der Waals surface area contributed by atoms with E-state index in [0.29, 0.717) is 0 Å². The van der Waals surface area contributed by atoms with Crippen molar-refractivity contribution in [2.75, 3.05) is 37.9 Å². The van der Waals surface area contributed by atoms with Crippen LogP contribution in [-0.4, -0.2) is 32.3 Å². The van der Waals surface area contributed by atoms with Crippen molar-refractivity contribution >= 4 is 11.6 Å². The summed E-state index contributed by atoms with van der Waals surface area (Å²) in [6.07, 6.45) is 2.18. The fraction of sp³-hybridized carbons (Fsp3) is 0.545. The molecular formula is C11H19N3O. The second kappa shape index (κ2) is 7.06. The first-order valence-electron chi connectivity index (χ1n) is 5.24. The number of rotatable bonds is 7. The first-order chi connectivity index (χ1) is 7.36. The van der Waals surface area contributed by atoms with E-state index < -0.39 is 0 Å². The van der Waals surface area contributed by atoms with Gasteiger partial charge >= 0.3 is 0 Å². The van der Waals surface area contributed by atoms with Gasteiger partial charge in [-0.05, 0) is 25.0 Å². The number of nitrogens with zero attached hydrogens (tertiary/aromatic N) is 1. The van der Waals surface area contributed by atoms with Crippen molar-refractivity contribution in [1.82, 2.24) is 4.98 Å². The Morgan fingerprint density at radius 1 is 1.27 bits per heavy atom. The third kappa shape index (κ3) is 4.65. The number of hydrogen-bond donors (Lipinski definition) is 2. The predicted octanol–water partition coefficient (Wildman–Crippen LogP) is 1.96. The average Bonchev–Trinajstić information content (AvgIpc) is 2.29. The number of methoxy groups -OCH3 is 1. The molecule has 4 heteroatoms. The molecule has 0 atom stereocenters. The lowest BCUT2D eigenvalue weighted by atomic mass is 10.3. The largest absolute Gasteiger partial charge is 0.385 e. The summed E-state index contributed by atoms with van der Waals surface area (Å²) in [5.41, 5.74) is 0. The molecule has 0 bridgehead atoms. The topological polar surface area (TPSA) is 46.2 Å². The molecule has 15 heavy (non-hydrogen) atoms. The van der Waals surface area contributed by atoms with Gasteiger partial charge in [0.05, 0.1) is 0 Å². The molecule has 0 fully saturated rings. The van der Waals surface area contributed by atoms with Gasteiger partial charge in [-0.3, -0.25) is 0 Å². The molecule has 0 aliphatic heterocycles. The van der Waals surface area contributed by atoms with Crippen LogP contribution in [0.2, 0.25) is 0 Å². The number of unbranched alkanes of at least 4 members (excludes halogenated alkanes) is 1. The summed E-state index contributed by atoms with van der Waals surface area (Å²) >= 11 is 0. The van der Waals surface area contributed by atoms with Crippen LogP contribution in [0.5, 0.6) is 0 Å². The van der Waals surface area contributed by atoms with Gasteiger partial charge in [0, 0.05) is 27.3 Å². The molecule has 84 valence electrons. The molecular weight excluding hydrogens is 190 g/mol. The highest BCUT2D eigenvalue weighted by Crippen LogP contribution is 2.08. The van der Waals surface area contributed by atoms with E-state index in [2.05, 4.69) is 15.6 Å². The number of nitrogens with one attached hydrogen (secondary N) is 2. The van der Waals surface area contributed by atoms with Gasteiger partial charge in [0.15, 0.2) is 0 Å². The van der Waals surface area contributed by atoms with Gasteiger partial charge in [-0.1, -0.05) is 6.07 Å². The lowest BCUT2D eigenvalue weighted by Crippen LogP contribution is -2.05. The van der Waals surface area contributed by atoms with Crippen LogP contribution >= 0.6 is 0 Å². The van der Waals surface area contributed by atoms with Crippen LogP contribution < -0.4 is 10.6 Å². The maximum atomic E-state index is 4.98. The van der Waals surface area contributed by atoms with Crippen molar-refractivity contribution in [3.05, 3.63) is 18.2 Å². The van der Waals surface area contributed by atoms with Crippen LogP contribution in [-0.2, 0) is 4.74 Å². The molecule has 0 amide bonds. The fourth-order valence-electron chi connectivity index (χ4n) is 1.26. The number of aromatic nitrogens is 1. The first-order valence-corrected chi connectivity index (χ1v) is 5.24. The third-order valence-corrected chi connectivity index (χ3v) is 2.09. The zero-order valence-electron chi connectivity index (χ0n) is 9.42. The van der Waals surface area contributed by atoms with Crippen LogP contribution in [0.4, 0.5) is 11.6 Å². The molecule has 1 aromatic heterocycles. The van der Waals surface area contributed by atoms with Crippen molar-refractivity contribution in [2.45, 2.75) is 12.8 Å². The quantitative estimate of drug-likeness (QED) is 0.674. The summed E-state index contributed by atoms with van der Waals surface area (Å²) in [7, 11) is 3.59. The minimum atomic E-state index is 0.825. The number of hydrogen-bond acceptors (Lipinski definition) is 4. The first kappa shape index (κ1) is 11.8. The lowest BCUT2D eigenvalue weighted by Gasteiger charge is -2.06. The highest BCUT2D eigenvalue weighted by atomic mass is 16.5. The standard InChI is InChI=1S/C11H19N3O/c1-12-10-6-5-7-11(14-10)13-8-3-4-9-15-2/h5-7H,3-4,8-9H2,1-2H3,(H2,12,13,14). The Kier molecular flexibility index (Phi) is 5.55. The van der Waals surface area contributed by atoms with Gasteiger partial charge < -0.3 is 15.4 Å². The SMILES string of the molecule is CNc1cccc(NCCCCOC)n1. The molecule has 2 N–H and O–H groups in total. The van der Waals surface area contributed by atoms with Gasteiger partial charge in [-0.15, -0.1) is 0 Å². The summed E-state index contributed by atoms with van der Waals surface area (Å²) in [5.74, 6) is 1.80. The van der Waals surface area contributed by atoms with Crippen LogP contribution in [0.25, 0.3) is 0 Å². The zero-order chi connectivity index (χ0) is 10.9. The monoisotopic (exact) mass is 209 g/mol. The third-order valence-electron chi connectivity index (χ3n) is 2.09. The smallest absolute Gasteiger partial charge is 0.128 e. The molecule has 0 aromatic carbocycles. The lowest BCUT2D eigenvalue weighted by molar-refractivity contribution is 0.194. The molecule has 0 saturated heterocycles. The summed E-state index contributed by atoms with van der Waals surface area (Å²) in [4.78, 5) is 4.36. The molecule has 0 radical (unpaired) electrons. The second-order valence-electron chi connectivity index (χ2n) is 3.28. The molecule has 0 aliphatic carbocycles. The maximum absolute atomic E-state index is 4.98. The van der Waals surface area contributed by atoms with Crippen LogP contribution in [0, 0.1) is 0 Å². The fourth-order valence-corrected chi connectivity index (χ4v) is 1.26. The van der Waals surface area contributed by atoms with E-state index in [-0.39, 0.29) is 0 Å². The van der Waals surface area contributed by atoms with E-state index >= 15 is 0 Å². The van der Waals surface area contributed by atoms with Gasteiger partial charge in [0.25, 0.3) is 0 Å². The van der Waals surface area contributed by atoms with E-state index in [9.17, 15) is 0 Å². The van der Waals surface area contributed by atoms with Crippen molar-refractivity contribution in [3.63, 3.8) is 0 Å². The van der Waals surface area contributed by atoms with Crippen LogP contribution in [0.15, 0.2) is 18.2 Å². The normalized spacial score (nSPS) is 10.0. The second-order valence-corrected chi connectivity index (χ2v) is 3.28. The Hall–Kier alpha value is -1.29. The van der Waals surface area contributed by atoms with E-state index in [1.54, 1.807) is 7.11 Å². The van der Waals surface area contributed by atoms with Crippen LogP contribution in [0.1, 0.15) is 12.8 Å². The predicted molar refractivity (Wildman–Crippen MR) is 63.4 cm³/mol. The summed E-state index contributed by atoms with van der Waals surface area (Å²) in [5, 5.41) is 6.28. The summed E-state index contributed by atoms with van der Waals surface area (Å²) in [6, 6.07) is 5.89. The minimum Gasteiger partial charge on any atom is -0.385 e. The number of ether oxygens (including phenoxy) is 1. The Balaban J connectivity index is 2.24. The molecule has 4 nitrogen and oxygen atoms in total. The van der Waals surface area contributed by atoms with Crippen molar-refractivity contribution in [1.29, 1.82) is 0 Å². The molecule has 0 unspecified atom stereocenters. The highest BCUT2D eigenvalue weighted by Gasteiger charge is 1.94. The highest BCUT2D eigenvalue weighted by molar-refractivity contribution is 5.44. The van der Waals surface area contributed by atoms with Gasteiger partial charge in [-0.2, -0.15) is 0 Å². The van der Waals surface area contributed by atoms with Crippen molar-refractivity contribution < 1.29 is 4.74 Å².